The minimum Gasteiger partial charge on any atom is -0.241 e. The zero-order chi connectivity index (χ0) is 6.69. The van der Waals surface area contributed by atoms with Crippen LogP contribution in [0.15, 0.2) is 6.33 Å². The van der Waals surface area contributed by atoms with Gasteiger partial charge in [0.15, 0.2) is 0 Å². The topological polar surface area (TPSA) is 93.9 Å². The standard InChI is InChI=1S/C2H4N5O2/c8-7(9)6-2-3-1-4-5-2/h1H,(H,8,9)(H2,3,4,5,6)/q+1. The molecule has 48 valence electrons. The lowest BCUT2D eigenvalue weighted by Crippen LogP contribution is -2.11. The van der Waals surface area contributed by atoms with Gasteiger partial charge in [0.25, 0.3) is 5.95 Å². The van der Waals surface area contributed by atoms with E-state index in [4.69, 9.17) is 5.21 Å². The van der Waals surface area contributed by atoms with E-state index in [1.807, 2.05) is 5.43 Å². The van der Waals surface area contributed by atoms with Gasteiger partial charge in [-0.3, -0.25) is 0 Å². The molecular formula is C2H4N5O2+. The normalized spacial score (nSPS) is 8.89. The van der Waals surface area contributed by atoms with Crippen molar-refractivity contribution in [2.24, 2.45) is 0 Å². The Balaban J connectivity index is 2.58. The van der Waals surface area contributed by atoms with E-state index in [2.05, 4.69) is 15.2 Å². The van der Waals surface area contributed by atoms with Crippen molar-refractivity contribution in [1.29, 1.82) is 0 Å². The predicted octanol–water partition coefficient (Wildman–Crippen LogP) is -0.700. The highest BCUT2D eigenvalue weighted by Gasteiger charge is 2.04. The van der Waals surface area contributed by atoms with Crippen LogP contribution < -0.4 is 5.43 Å². The largest absolute Gasteiger partial charge is 0.362 e. The Labute approximate surface area is 49.2 Å². The molecule has 7 nitrogen and oxygen atoms in total. The molecule has 1 aromatic rings. The molecule has 9 heavy (non-hydrogen) atoms. The molecule has 0 amide bonds. The molecule has 0 radical (unpaired) electrons. The second-order valence-corrected chi connectivity index (χ2v) is 1.22. The van der Waals surface area contributed by atoms with Crippen LogP contribution in [0.2, 0.25) is 0 Å². The van der Waals surface area contributed by atoms with Crippen LogP contribution in [-0.4, -0.2) is 25.4 Å². The fourth-order valence-corrected chi connectivity index (χ4v) is 0.350. The second kappa shape index (κ2) is 2.07. The number of aromatic nitrogens is 3. The molecule has 3 N–H and O–H groups in total. The molecular weight excluding hydrogens is 126 g/mol. The summed E-state index contributed by atoms with van der Waals surface area (Å²) in [5.41, 5.74) is 1.89. The molecule has 1 heterocycles. The van der Waals surface area contributed by atoms with Gasteiger partial charge >= 0.3 is 5.03 Å². The first-order valence-corrected chi connectivity index (χ1v) is 2.07. The third-order valence-electron chi connectivity index (χ3n) is 0.617. The summed E-state index contributed by atoms with van der Waals surface area (Å²) in [6.45, 7) is 0. The predicted molar refractivity (Wildman–Crippen MR) is 25.4 cm³/mol. The van der Waals surface area contributed by atoms with E-state index in [0.29, 0.717) is 0 Å². The van der Waals surface area contributed by atoms with Gasteiger partial charge in [0.2, 0.25) is 0 Å². The summed E-state index contributed by atoms with van der Waals surface area (Å²) in [5.74, 6) is 0.0903. The summed E-state index contributed by atoms with van der Waals surface area (Å²) in [7, 11) is 0. The van der Waals surface area contributed by atoms with Crippen molar-refractivity contribution < 1.29 is 10.2 Å². The Kier molecular flexibility index (Phi) is 1.26. The lowest BCUT2D eigenvalue weighted by atomic mass is 11.1. The van der Waals surface area contributed by atoms with Gasteiger partial charge in [0, 0.05) is 0 Å². The summed E-state index contributed by atoms with van der Waals surface area (Å²) in [4.78, 5) is 13.3. The number of H-pyrrole nitrogens is 1. The maximum absolute atomic E-state index is 9.78. The molecule has 0 atom stereocenters. The average molecular weight is 130 g/mol. The van der Waals surface area contributed by atoms with Crippen LogP contribution in [0.1, 0.15) is 0 Å². The van der Waals surface area contributed by atoms with Gasteiger partial charge in [-0.25, -0.2) is 10.3 Å². The van der Waals surface area contributed by atoms with E-state index >= 15 is 0 Å². The van der Waals surface area contributed by atoms with Crippen LogP contribution >= 0.6 is 0 Å². The number of nitrogens with one attached hydrogen (secondary N) is 2. The first kappa shape index (κ1) is 5.48. The Hall–Kier alpha value is -1.66. The first-order chi connectivity index (χ1) is 4.29. The van der Waals surface area contributed by atoms with Crippen molar-refractivity contribution in [3.05, 3.63) is 11.2 Å². The van der Waals surface area contributed by atoms with Gasteiger partial charge in [-0.15, -0.1) is 0 Å². The Morgan fingerprint density at radius 2 is 2.67 bits per heavy atom. The Bertz CT molecular complexity index is 193. The quantitative estimate of drug-likeness (QED) is 0.460. The summed E-state index contributed by atoms with van der Waals surface area (Å²) in [5, 5.41) is 13.2. The van der Waals surface area contributed by atoms with Crippen LogP contribution in [-0.2, 0) is 0 Å². The molecule has 1 aromatic heterocycles. The maximum Gasteiger partial charge on any atom is 0.362 e. The molecule has 7 heteroatoms. The summed E-state index contributed by atoms with van der Waals surface area (Å²) >= 11 is 0. The smallest absolute Gasteiger partial charge is 0.241 e. The molecule has 0 saturated carbocycles. The number of aromatic amines is 1. The number of hydrogen-bond donors (Lipinski definition) is 3. The minimum absolute atomic E-state index is 0.0903. The van der Waals surface area contributed by atoms with Gasteiger partial charge in [0.1, 0.15) is 11.2 Å². The molecule has 0 spiro atoms. The highest BCUT2D eigenvalue weighted by molar-refractivity contribution is 5.14. The van der Waals surface area contributed by atoms with Crippen molar-refractivity contribution in [2.45, 2.75) is 0 Å². The van der Waals surface area contributed by atoms with Gasteiger partial charge in [-0.2, -0.15) is 10.1 Å². The third kappa shape index (κ3) is 1.37. The summed E-state index contributed by atoms with van der Waals surface area (Å²) < 4.78 is 0. The van der Waals surface area contributed by atoms with Gasteiger partial charge in [-0.1, -0.05) is 0 Å². The van der Waals surface area contributed by atoms with Crippen molar-refractivity contribution >= 4 is 5.95 Å². The van der Waals surface area contributed by atoms with Crippen LogP contribution in [0, 0.1) is 4.91 Å². The molecule has 0 bridgehead atoms. The van der Waals surface area contributed by atoms with E-state index in [9.17, 15) is 4.91 Å². The van der Waals surface area contributed by atoms with Crippen molar-refractivity contribution in [3.63, 3.8) is 0 Å². The highest BCUT2D eigenvalue weighted by Crippen LogP contribution is 1.88. The first-order valence-electron chi connectivity index (χ1n) is 2.07. The van der Waals surface area contributed by atoms with Crippen molar-refractivity contribution in [2.75, 3.05) is 5.43 Å². The van der Waals surface area contributed by atoms with Gasteiger partial charge < -0.3 is 0 Å². The Morgan fingerprint density at radius 1 is 1.89 bits per heavy atom. The molecule has 0 unspecified atom stereocenters. The molecule has 0 aliphatic carbocycles. The van der Waals surface area contributed by atoms with Gasteiger partial charge in [0.05, 0.1) is 0 Å². The minimum atomic E-state index is -0.472. The Morgan fingerprint density at radius 3 is 3.11 bits per heavy atom. The number of nitrogens with zero attached hydrogens (tertiary/aromatic N) is 3. The monoisotopic (exact) mass is 130 g/mol. The van der Waals surface area contributed by atoms with E-state index < -0.39 is 5.03 Å². The van der Waals surface area contributed by atoms with E-state index in [1.54, 1.807) is 0 Å². The van der Waals surface area contributed by atoms with Crippen molar-refractivity contribution in [3.8, 4) is 0 Å². The van der Waals surface area contributed by atoms with Crippen LogP contribution in [0.25, 0.3) is 0 Å². The third-order valence-corrected chi connectivity index (χ3v) is 0.617. The molecule has 0 saturated heterocycles. The number of anilines is 1. The van der Waals surface area contributed by atoms with Crippen molar-refractivity contribution in [1.82, 2.24) is 15.2 Å². The molecule has 0 aliphatic heterocycles. The number of rotatable bonds is 2. The fraction of sp³-hybridized carbons (Fsp3) is 0. The van der Waals surface area contributed by atoms with Gasteiger partial charge in [-0.05, 0) is 5.43 Å². The van der Waals surface area contributed by atoms with E-state index in [0.717, 1.165) is 0 Å². The molecule has 0 aliphatic rings. The van der Waals surface area contributed by atoms with Crippen LogP contribution in [0.3, 0.4) is 0 Å². The lowest BCUT2D eigenvalue weighted by Gasteiger charge is -1.79. The zero-order valence-corrected chi connectivity index (χ0v) is 4.27. The maximum atomic E-state index is 9.78. The number of hydrazine groups is 1. The molecule has 0 aromatic carbocycles. The number of hydrogen-bond acceptors (Lipinski definition) is 3. The summed E-state index contributed by atoms with van der Waals surface area (Å²) in [6, 6.07) is 0. The molecule has 0 fully saturated rings. The zero-order valence-electron chi connectivity index (χ0n) is 4.27. The van der Waals surface area contributed by atoms with E-state index in [-0.39, 0.29) is 5.95 Å². The molecule has 1 rings (SSSR count). The van der Waals surface area contributed by atoms with Crippen LogP contribution in [0.5, 0.6) is 0 Å². The van der Waals surface area contributed by atoms with E-state index in [1.165, 1.54) is 6.33 Å². The fourth-order valence-electron chi connectivity index (χ4n) is 0.350. The lowest BCUT2D eigenvalue weighted by molar-refractivity contribution is -0.770. The average Bonchev–Trinajstić information content (AvgIpc) is 2.15. The SMILES string of the molecule is O=[N+](O)Nc1ncn[nH]1. The highest BCUT2D eigenvalue weighted by atomic mass is 16.7. The second-order valence-electron chi connectivity index (χ2n) is 1.22. The van der Waals surface area contributed by atoms with Crippen LogP contribution in [0.4, 0.5) is 5.95 Å². The summed E-state index contributed by atoms with van der Waals surface area (Å²) in [6.07, 6.45) is 1.20.